The zero-order valence-electron chi connectivity index (χ0n) is 25.7. The largest absolute Gasteiger partial charge is 0.465 e. The number of carbonyl (C=O) groups is 2. The van der Waals surface area contributed by atoms with E-state index in [1.54, 1.807) is 0 Å². The third kappa shape index (κ3) is 7.62. The topological polar surface area (TPSA) is 81.1 Å². The first-order chi connectivity index (χ1) is 23.7. The Hall–Kier alpha value is -3.28. The summed E-state index contributed by atoms with van der Waals surface area (Å²) in [6.45, 7) is -6.69. The number of nitrogens with zero attached hydrogens (tertiary/aromatic N) is 2. The van der Waals surface area contributed by atoms with Crippen LogP contribution in [0.4, 0.5) is 124 Å². The molecule has 0 spiro atoms. The van der Waals surface area contributed by atoms with Gasteiger partial charge in [-0.15, -0.1) is 0 Å². The minimum atomic E-state index is -8.46. The highest BCUT2D eigenvalue weighted by Crippen LogP contribution is 2.62. The molecule has 6 nitrogen and oxygen atoms in total. The highest BCUT2D eigenvalue weighted by atomic mass is 19.4. The Morgan fingerprint density at radius 2 is 0.727 bits per heavy atom. The van der Waals surface area contributed by atoms with Crippen LogP contribution in [-0.4, -0.2) is 129 Å². The van der Waals surface area contributed by atoms with E-state index >= 15 is 0 Å². The molecule has 2 N–H and O–H groups in total. The van der Waals surface area contributed by atoms with Crippen molar-refractivity contribution in [3.63, 3.8) is 0 Å². The van der Waals surface area contributed by atoms with Gasteiger partial charge in [0.2, 0.25) is 0 Å². The molecule has 326 valence electrons. The number of amides is 2. The summed E-state index contributed by atoms with van der Waals surface area (Å²) in [6.07, 6.45) is -26.0. The maximum Gasteiger partial charge on any atom is 0.460 e. The molecule has 0 saturated heterocycles. The van der Waals surface area contributed by atoms with Crippen molar-refractivity contribution in [1.29, 1.82) is 0 Å². The summed E-state index contributed by atoms with van der Waals surface area (Å²) in [5.74, 6) is -82.6. The van der Waals surface area contributed by atoms with E-state index in [9.17, 15) is 134 Å². The van der Waals surface area contributed by atoms with E-state index in [2.05, 4.69) is 0 Å². The highest BCUT2D eigenvalue weighted by molar-refractivity contribution is 5.66. The van der Waals surface area contributed by atoms with Crippen LogP contribution in [-0.2, 0) is 0 Å². The molecule has 0 bridgehead atoms. The maximum atomic E-state index is 14.6. The molecule has 1 aliphatic carbocycles. The van der Waals surface area contributed by atoms with E-state index in [4.69, 9.17) is 0 Å². The van der Waals surface area contributed by atoms with Gasteiger partial charge in [-0.2, -0.15) is 114 Å². The van der Waals surface area contributed by atoms with E-state index in [1.807, 2.05) is 0 Å². The van der Waals surface area contributed by atoms with Gasteiger partial charge in [0.25, 0.3) is 0 Å². The lowest BCUT2D eigenvalue weighted by Gasteiger charge is -2.46. The van der Waals surface area contributed by atoms with Gasteiger partial charge in [-0.25, -0.2) is 9.59 Å². The summed E-state index contributed by atoms with van der Waals surface area (Å²) >= 11 is 0. The molecule has 55 heavy (non-hydrogen) atoms. The summed E-state index contributed by atoms with van der Waals surface area (Å²) in [5, 5.41) is 18.5. The fourth-order valence-electron chi connectivity index (χ4n) is 4.90. The van der Waals surface area contributed by atoms with E-state index in [1.165, 1.54) is 0 Å². The van der Waals surface area contributed by atoms with Crippen LogP contribution < -0.4 is 0 Å². The molecular formula is C23H18F26N2O4. The van der Waals surface area contributed by atoms with Crippen LogP contribution in [0.2, 0.25) is 0 Å². The molecule has 0 aromatic rings. The van der Waals surface area contributed by atoms with Gasteiger partial charge in [0.1, 0.15) is 0 Å². The van der Waals surface area contributed by atoms with Crippen molar-refractivity contribution >= 4 is 12.2 Å². The second kappa shape index (κ2) is 14.0. The molecule has 32 heteroatoms. The number of carboxylic acid groups (broad SMARTS) is 2. The van der Waals surface area contributed by atoms with Gasteiger partial charge in [-0.05, 0) is 25.2 Å². The summed E-state index contributed by atoms with van der Waals surface area (Å²) in [7, 11) is 0. The predicted molar refractivity (Wildman–Crippen MR) is 122 cm³/mol. The Balaban J connectivity index is 3.66. The van der Waals surface area contributed by atoms with Crippen molar-refractivity contribution in [3.05, 3.63) is 0 Å². The number of hydrogen-bond acceptors (Lipinski definition) is 2. The molecule has 0 aromatic carbocycles. The van der Waals surface area contributed by atoms with Gasteiger partial charge < -0.3 is 10.2 Å². The van der Waals surface area contributed by atoms with Crippen LogP contribution in [0.25, 0.3) is 0 Å². The standard InChI is InChI=1S/C23H18F26N2O4/c1-7-2-3-8(50(10(52)53)5-12(24,25)14(28,29)16(32,33)18(36,37)20(40,41)22(44,45)46)4-9(7)51(11(54)55)6-13(26,27)15(30,31)17(34,35)19(38,39)21(42,43)23(47,48)49/h7-9H,2-6H2,1H3,(H,52,53)(H,54,55). The summed E-state index contributed by atoms with van der Waals surface area (Å²) in [4.78, 5) is 20.8. The first kappa shape index (κ1) is 49.7. The molecule has 1 fully saturated rings. The van der Waals surface area contributed by atoms with Crippen LogP contribution in [0.5, 0.6) is 0 Å². The monoisotopic (exact) mass is 880 g/mol. The summed E-state index contributed by atoms with van der Waals surface area (Å²) in [6, 6.07) is -5.55. The first-order valence-corrected chi connectivity index (χ1v) is 13.6. The Labute approximate surface area is 285 Å². The molecular weight excluding hydrogens is 862 g/mol. The lowest BCUT2D eigenvalue weighted by Crippen LogP contribution is -2.72. The van der Waals surface area contributed by atoms with Gasteiger partial charge in [0.05, 0.1) is 13.1 Å². The van der Waals surface area contributed by atoms with Crippen molar-refractivity contribution in [2.24, 2.45) is 5.92 Å². The Bertz CT molecular complexity index is 1410. The number of hydrogen-bond donors (Lipinski definition) is 2. The van der Waals surface area contributed by atoms with E-state index in [0.717, 1.165) is 0 Å². The fourth-order valence-corrected chi connectivity index (χ4v) is 4.90. The lowest BCUT2D eigenvalue weighted by molar-refractivity contribution is -0.440. The zero-order chi connectivity index (χ0) is 44.6. The number of alkyl halides is 26. The van der Waals surface area contributed by atoms with E-state index in [0.29, 0.717) is 6.92 Å². The lowest BCUT2D eigenvalue weighted by atomic mass is 9.80. The Morgan fingerprint density at radius 3 is 1.00 bits per heavy atom. The molecule has 1 aliphatic rings. The molecule has 0 radical (unpaired) electrons. The predicted octanol–water partition coefficient (Wildman–Crippen LogP) is 9.98. The number of rotatable bonds is 14. The molecule has 1 saturated carbocycles. The molecule has 0 heterocycles. The van der Waals surface area contributed by atoms with Crippen molar-refractivity contribution in [2.45, 2.75) is 110 Å². The summed E-state index contributed by atoms with van der Waals surface area (Å²) < 4.78 is 351. The number of halogens is 26. The first-order valence-electron chi connectivity index (χ1n) is 13.6. The third-order valence-corrected chi connectivity index (χ3v) is 8.19. The average Bonchev–Trinajstić information content (AvgIpc) is 2.97. The Morgan fingerprint density at radius 1 is 0.455 bits per heavy atom. The van der Waals surface area contributed by atoms with Crippen LogP contribution >= 0.6 is 0 Å². The molecule has 0 aromatic heterocycles. The van der Waals surface area contributed by atoms with E-state index < -0.39 is 144 Å². The molecule has 1 rings (SSSR count). The fraction of sp³-hybridized carbons (Fsp3) is 0.913. The van der Waals surface area contributed by atoms with Crippen LogP contribution in [0.1, 0.15) is 26.2 Å². The normalized spacial score (nSPS) is 21.0. The van der Waals surface area contributed by atoms with Crippen molar-refractivity contribution in [2.75, 3.05) is 13.1 Å². The van der Waals surface area contributed by atoms with Gasteiger partial charge in [0, 0.05) is 12.1 Å². The van der Waals surface area contributed by atoms with E-state index in [-0.39, 0.29) is 0 Å². The van der Waals surface area contributed by atoms with Gasteiger partial charge >= 0.3 is 83.8 Å². The minimum Gasteiger partial charge on any atom is -0.465 e. The van der Waals surface area contributed by atoms with Crippen molar-refractivity contribution < 1.29 is 134 Å². The van der Waals surface area contributed by atoms with Crippen LogP contribution in [0.3, 0.4) is 0 Å². The minimum absolute atomic E-state index is 0.622. The smallest absolute Gasteiger partial charge is 0.460 e. The molecule has 0 aliphatic heterocycles. The third-order valence-electron chi connectivity index (χ3n) is 8.19. The van der Waals surface area contributed by atoms with Crippen molar-refractivity contribution in [1.82, 2.24) is 9.80 Å². The summed E-state index contributed by atoms with van der Waals surface area (Å²) in [5.41, 5.74) is 0. The molecule has 3 unspecified atom stereocenters. The van der Waals surface area contributed by atoms with Crippen LogP contribution in [0.15, 0.2) is 0 Å². The highest BCUT2D eigenvalue weighted by Gasteiger charge is 2.92. The second-order valence-corrected chi connectivity index (χ2v) is 11.8. The molecule has 3 atom stereocenters. The SMILES string of the molecule is CC1CCC(N(CC(F)(F)C(F)(F)C(F)(F)C(F)(F)C(F)(F)C(F)(F)F)C(=O)O)CC1N(CC(F)(F)C(F)(F)C(F)(F)C(F)(F)C(F)(F)C(F)(F)F)C(=O)O. The Kier molecular flexibility index (Phi) is 12.6. The zero-order valence-corrected chi connectivity index (χ0v) is 25.7. The van der Waals surface area contributed by atoms with Crippen molar-refractivity contribution in [3.8, 4) is 0 Å². The second-order valence-electron chi connectivity index (χ2n) is 11.8. The quantitative estimate of drug-likeness (QED) is 0.170. The molecule has 2 amide bonds. The average molecular weight is 880 g/mol. The van der Waals surface area contributed by atoms with Gasteiger partial charge in [-0.3, -0.25) is 9.80 Å². The maximum absolute atomic E-state index is 14.6. The van der Waals surface area contributed by atoms with Crippen LogP contribution in [0, 0.1) is 5.92 Å². The van der Waals surface area contributed by atoms with Gasteiger partial charge in [0.15, 0.2) is 0 Å². The van der Waals surface area contributed by atoms with Gasteiger partial charge in [-0.1, -0.05) is 6.92 Å².